The molecule has 1 aliphatic rings. The number of methoxy groups -OCH3 is 1. The first-order valence-corrected chi connectivity index (χ1v) is 19.1. The quantitative estimate of drug-likeness (QED) is 0.165. The topological polar surface area (TPSA) is 119 Å². The van der Waals surface area contributed by atoms with E-state index in [4.69, 9.17) is 14.2 Å². The number of hydrogen-bond acceptors (Lipinski definition) is 8. The minimum absolute atomic E-state index is 0.0856. The van der Waals surface area contributed by atoms with Gasteiger partial charge in [-0.3, -0.25) is 14.7 Å². The van der Waals surface area contributed by atoms with E-state index < -0.39 is 13.2 Å². The zero-order valence-electron chi connectivity index (χ0n) is 29.6. The largest absolute Gasteiger partial charge is 0.494 e. The Morgan fingerprint density at radius 2 is 1.63 bits per heavy atom. The molecule has 2 atom stereocenters. The highest BCUT2D eigenvalue weighted by Gasteiger charge is 2.27. The van der Waals surface area contributed by atoms with Crippen molar-refractivity contribution in [2.45, 2.75) is 58.7 Å². The van der Waals surface area contributed by atoms with Crippen LogP contribution < -0.4 is 25.4 Å². The molecule has 2 amide bonds. The van der Waals surface area contributed by atoms with Gasteiger partial charge in [0.15, 0.2) is 11.5 Å². The van der Waals surface area contributed by atoms with Gasteiger partial charge in [-0.2, -0.15) is 0 Å². The number of urea groups is 1. The SMILES string of the molecule is COc1c(NC(=O)Nc2ccc(Oc3ccnc(CC(=O)CN4C[C@@H](C)O[C@@H](C)C4)c3)c3ccccc23)cc(C(C)(C)C)cc1P(C)(C)=O. The average Bonchev–Trinajstić information content (AvgIpc) is 3.00. The summed E-state index contributed by atoms with van der Waals surface area (Å²) in [6.45, 7) is 15.4. The Balaban J connectivity index is 1.33. The molecule has 0 bridgehead atoms. The summed E-state index contributed by atoms with van der Waals surface area (Å²) in [7, 11) is -1.22. The van der Waals surface area contributed by atoms with Gasteiger partial charge >= 0.3 is 6.03 Å². The van der Waals surface area contributed by atoms with E-state index in [1.165, 1.54) is 7.11 Å². The van der Waals surface area contributed by atoms with E-state index in [0.717, 1.165) is 29.4 Å². The van der Waals surface area contributed by atoms with Crippen LogP contribution in [0.15, 0.2) is 66.9 Å². The number of Topliss-reactive ketones (excluding diaryl/α,β-unsaturated/α-hetero) is 1. The number of ketones is 1. The molecule has 1 aromatic heterocycles. The molecule has 0 spiro atoms. The van der Waals surface area contributed by atoms with Crippen LogP contribution >= 0.6 is 7.14 Å². The highest BCUT2D eigenvalue weighted by Crippen LogP contribution is 2.43. The first-order chi connectivity index (χ1) is 23.1. The molecule has 49 heavy (non-hydrogen) atoms. The summed E-state index contributed by atoms with van der Waals surface area (Å²) >= 11 is 0. The van der Waals surface area contributed by atoms with Crippen LogP contribution in [0.25, 0.3) is 10.8 Å². The van der Waals surface area contributed by atoms with Gasteiger partial charge in [-0.05, 0) is 68.5 Å². The van der Waals surface area contributed by atoms with Gasteiger partial charge in [0, 0.05) is 36.1 Å². The lowest BCUT2D eigenvalue weighted by atomic mass is 9.86. The highest BCUT2D eigenvalue weighted by molar-refractivity contribution is 7.70. The van der Waals surface area contributed by atoms with Gasteiger partial charge in [0.25, 0.3) is 0 Å². The molecular formula is C38H47N4O6P. The van der Waals surface area contributed by atoms with Crippen molar-refractivity contribution in [3.8, 4) is 17.2 Å². The fourth-order valence-electron chi connectivity index (χ4n) is 6.16. The first-order valence-electron chi connectivity index (χ1n) is 16.5. The first kappa shape index (κ1) is 36.1. The molecule has 0 radical (unpaired) electrons. The van der Waals surface area contributed by atoms with Crippen molar-refractivity contribution in [2.75, 3.05) is 50.7 Å². The van der Waals surface area contributed by atoms with E-state index in [1.807, 2.05) is 50.2 Å². The maximum atomic E-state index is 13.5. The number of ether oxygens (including phenoxy) is 3. The van der Waals surface area contributed by atoms with E-state index in [9.17, 15) is 14.2 Å². The number of carbonyl (C=O) groups excluding carboxylic acids is 2. The molecule has 0 aliphatic carbocycles. The second-order valence-corrected chi connectivity index (χ2v) is 17.3. The van der Waals surface area contributed by atoms with E-state index in [-0.39, 0.29) is 29.8 Å². The fourth-order valence-corrected chi connectivity index (χ4v) is 7.31. The van der Waals surface area contributed by atoms with Crippen LogP contribution in [0.1, 0.15) is 45.9 Å². The number of morpholine rings is 1. The van der Waals surface area contributed by atoms with Crippen molar-refractivity contribution in [1.29, 1.82) is 0 Å². The van der Waals surface area contributed by atoms with Crippen molar-refractivity contribution in [3.63, 3.8) is 0 Å². The van der Waals surface area contributed by atoms with Crippen molar-refractivity contribution in [1.82, 2.24) is 9.88 Å². The lowest BCUT2D eigenvalue weighted by Gasteiger charge is -2.34. The molecule has 10 nitrogen and oxygen atoms in total. The number of nitrogens with one attached hydrogen (secondary N) is 2. The van der Waals surface area contributed by atoms with Gasteiger partial charge in [0.05, 0.1) is 54.7 Å². The maximum absolute atomic E-state index is 13.5. The number of pyridine rings is 1. The molecule has 3 aromatic carbocycles. The number of carbonyl (C=O) groups is 2. The Bertz CT molecular complexity index is 1890. The van der Waals surface area contributed by atoms with Crippen molar-refractivity contribution in [2.24, 2.45) is 0 Å². The molecule has 2 N–H and O–H groups in total. The molecule has 2 heterocycles. The van der Waals surface area contributed by atoms with Crippen LogP contribution in [0.2, 0.25) is 0 Å². The Morgan fingerprint density at radius 3 is 2.29 bits per heavy atom. The summed E-state index contributed by atoms with van der Waals surface area (Å²) in [4.78, 5) is 32.9. The van der Waals surface area contributed by atoms with Crippen LogP contribution in [0, 0.1) is 0 Å². The average molecular weight is 687 g/mol. The van der Waals surface area contributed by atoms with Crippen LogP contribution in [-0.2, 0) is 25.9 Å². The number of benzene rings is 3. The zero-order valence-corrected chi connectivity index (χ0v) is 30.5. The van der Waals surface area contributed by atoms with Gasteiger partial charge < -0.3 is 29.4 Å². The summed E-state index contributed by atoms with van der Waals surface area (Å²) in [5.41, 5.74) is 2.33. The van der Waals surface area contributed by atoms with Crippen LogP contribution in [0.3, 0.4) is 0 Å². The Kier molecular flexibility index (Phi) is 10.8. The number of aromatic nitrogens is 1. The third kappa shape index (κ3) is 9.06. The fraction of sp³-hybridized carbons (Fsp3) is 0.395. The molecule has 1 aliphatic heterocycles. The normalized spacial score (nSPS) is 17.1. The maximum Gasteiger partial charge on any atom is 0.323 e. The van der Waals surface area contributed by atoms with Crippen LogP contribution in [-0.4, -0.2) is 74.0 Å². The summed E-state index contributed by atoms with van der Waals surface area (Å²) in [6, 6.07) is 18.1. The molecule has 260 valence electrons. The molecule has 1 fully saturated rings. The van der Waals surface area contributed by atoms with E-state index in [2.05, 4.69) is 41.3 Å². The summed E-state index contributed by atoms with van der Waals surface area (Å²) in [6.07, 6.45) is 2.04. The Labute approximate surface area is 288 Å². The van der Waals surface area contributed by atoms with E-state index in [1.54, 1.807) is 43.8 Å². The smallest absolute Gasteiger partial charge is 0.323 e. The molecule has 11 heteroatoms. The molecule has 1 saturated heterocycles. The minimum atomic E-state index is -2.73. The van der Waals surface area contributed by atoms with Crippen molar-refractivity contribution < 1.29 is 28.4 Å². The van der Waals surface area contributed by atoms with Gasteiger partial charge in [-0.1, -0.05) is 45.0 Å². The number of fused-ring (bicyclic) bond motifs is 1. The monoisotopic (exact) mass is 686 g/mol. The number of nitrogens with zero attached hydrogens (tertiary/aromatic N) is 2. The summed E-state index contributed by atoms with van der Waals surface area (Å²) in [5, 5.41) is 8.05. The van der Waals surface area contributed by atoms with E-state index in [0.29, 0.717) is 46.2 Å². The molecule has 0 unspecified atom stereocenters. The summed E-state index contributed by atoms with van der Waals surface area (Å²) < 4.78 is 31.0. The predicted molar refractivity (Wildman–Crippen MR) is 197 cm³/mol. The zero-order chi connectivity index (χ0) is 35.5. The second kappa shape index (κ2) is 14.7. The molecule has 4 aromatic rings. The third-order valence-electron chi connectivity index (χ3n) is 8.39. The number of hydrogen-bond donors (Lipinski definition) is 2. The standard InChI is InChI=1S/C38H47N4O6P/c1-24-21-42(22-25(2)47-24)23-28(43)19-27-20-29(15-16-39-27)48-34-14-13-32(30-11-9-10-12-31(30)34)40-37(44)41-33-17-26(38(3,4)5)18-35(36(33)46-6)49(7,8)45/h9-18,20,24-25H,19,21-23H2,1-8H3,(H2,40,41,44)/t24-,25+. The molecular weight excluding hydrogens is 639 g/mol. The van der Waals surface area contributed by atoms with Gasteiger partial charge in [-0.15, -0.1) is 0 Å². The second-order valence-electron chi connectivity index (χ2n) is 14.2. The number of amides is 2. The Hall–Kier alpha value is -4.24. The highest BCUT2D eigenvalue weighted by atomic mass is 31.2. The van der Waals surface area contributed by atoms with E-state index >= 15 is 0 Å². The Morgan fingerprint density at radius 1 is 0.959 bits per heavy atom. The van der Waals surface area contributed by atoms with Gasteiger partial charge in [0.2, 0.25) is 0 Å². The molecule has 0 saturated carbocycles. The number of rotatable bonds is 10. The third-order valence-corrected chi connectivity index (χ3v) is 9.88. The van der Waals surface area contributed by atoms with Crippen molar-refractivity contribution >= 4 is 46.4 Å². The summed E-state index contributed by atoms with van der Waals surface area (Å²) in [5.74, 6) is 1.62. The van der Waals surface area contributed by atoms with Gasteiger partial charge in [0.1, 0.15) is 18.6 Å². The lowest BCUT2D eigenvalue weighted by Crippen LogP contribution is -2.47. The van der Waals surface area contributed by atoms with Crippen LogP contribution in [0.5, 0.6) is 17.2 Å². The lowest BCUT2D eigenvalue weighted by molar-refractivity contribution is -0.123. The molecule has 5 rings (SSSR count). The minimum Gasteiger partial charge on any atom is -0.494 e. The van der Waals surface area contributed by atoms with Gasteiger partial charge in [-0.25, -0.2) is 4.79 Å². The number of anilines is 2. The van der Waals surface area contributed by atoms with Crippen molar-refractivity contribution in [3.05, 3.63) is 78.1 Å². The van der Waals surface area contributed by atoms with Crippen LogP contribution in [0.4, 0.5) is 16.2 Å². The predicted octanol–water partition coefficient (Wildman–Crippen LogP) is 7.45.